The van der Waals surface area contributed by atoms with Gasteiger partial charge in [0.2, 0.25) is 0 Å². The maximum absolute atomic E-state index is 5.77. The number of unbranched alkanes of at least 4 members (excludes halogenated alkanes) is 10. The Labute approximate surface area is 207 Å². The van der Waals surface area contributed by atoms with Crippen LogP contribution >= 0.6 is 11.8 Å². The highest BCUT2D eigenvalue weighted by Crippen LogP contribution is 2.48. The minimum absolute atomic E-state index is 0.619. The van der Waals surface area contributed by atoms with E-state index in [1.165, 1.54) is 122 Å². The van der Waals surface area contributed by atoms with E-state index in [1.807, 2.05) is 11.8 Å². The fourth-order valence-electron chi connectivity index (χ4n) is 4.77. The van der Waals surface area contributed by atoms with Crippen LogP contribution in [-0.4, -0.2) is 6.54 Å². The molecule has 2 aromatic rings. The van der Waals surface area contributed by atoms with Gasteiger partial charge in [-0.1, -0.05) is 108 Å². The van der Waals surface area contributed by atoms with Crippen molar-refractivity contribution >= 4 is 23.1 Å². The minimum atomic E-state index is 0.619. The van der Waals surface area contributed by atoms with Crippen molar-refractivity contribution < 1.29 is 0 Å². The number of benzene rings is 2. The van der Waals surface area contributed by atoms with Crippen LogP contribution in [0, 0.1) is 12.3 Å². The summed E-state index contributed by atoms with van der Waals surface area (Å²) in [5, 5.41) is 0. The summed E-state index contributed by atoms with van der Waals surface area (Å²) in [6.45, 7) is 5.18. The van der Waals surface area contributed by atoms with E-state index in [0.717, 1.165) is 0 Å². The Bertz CT molecular complexity index is 829. The van der Waals surface area contributed by atoms with E-state index < -0.39 is 0 Å². The number of fused-ring (bicyclic) bond motifs is 2. The fraction of sp³-hybridized carbons (Fsp3) is 0.548. The summed E-state index contributed by atoms with van der Waals surface area (Å²) in [4.78, 5) is 5.04. The smallest absolute Gasteiger partial charge is 0.0841 e. The van der Waals surface area contributed by atoms with Crippen molar-refractivity contribution in [2.75, 3.05) is 11.4 Å². The van der Waals surface area contributed by atoms with Gasteiger partial charge in [0.15, 0.2) is 0 Å². The van der Waals surface area contributed by atoms with Crippen LogP contribution in [0.25, 0.3) is 0 Å². The molecule has 0 bridgehead atoms. The molecule has 1 nitrogen and oxygen atoms in total. The zero-order valence-electron chi connectivity index (χ0n) is 21.0. The molecule has 0 atom stereocenters. The summed E-state index contributed by atoms with van der Waals surface area (Å²) < 4.78 is 0. The van der Waals surface area contributed by atoms with E-state index >= 15 is 0 Å². The lowest BCUT2D eigenvalue weighted by Crippen LogP contribution is -2.21. The van der Waals surface area contributed by atoms with Gasteiger partial charge in [0.05, 0.1) is 17.9 Å². The molecule has 0 spiro atoms. The highest BCUT2D eigenvalue weighted by molar-refractivity contribution is 7.99. The van der Waals surface area contributed by atoms with E-state index in [1.54, 1.807) is 0 Å². The van der Waals surface area contributed by atoms with E-state index in [2.05, 4.69) is 61.1 Å². The van der Waals surface area contributed by atoms with Gasteiger partial charge >= 0.3 is 0 Å². The van der Waals surface area contributed by atoms with E-state index in [0.29, 0.717) is 6.54 Å². The third-order valence-corrected chi connectivity index (χ3v) is 7.83. The van der Waals surface area contributed by atoms with E-state index in [-0.39, 0.29) is 0 Å². The third kappa shape index (κ3) is 7.86. The fourth-order valence-corrected chi connectivity index (χ4v) is 5.99. The van der Waals surface area contributed by atoms with Crippen LogP contribution in [0.2, 0.25) is 0 Å². The van der Waals surface area contributed by atoms with Gasteiger partial charge in [-0.2, -0.15) is 0 Å². The maximum Gasteiger partial charge on any atom is 0.0841 e. The standard InChI is InChI=1S/C31H43NS/c1-4-7-9-11-13-15-17-26-19-21-28-30(24-26)33-31-25-27(18-16-14-12-10-8-5-2)20-22-29(31)32(28)23-6-3/h3,19-22,24-25H,4-5,7-18,23H2,1-2H3. The molecule has 1 aliphatic rings. The van der Waals surface area contributed by atoms with E-state index in [9.17, 15) is 0 Å². The van der Waals surface area contributed by atoms with Gasteiger partial charge in [0.25, 0.3) is 0 Å². The number of hydrogen-bond donors (Lipinski definition) is 0. The first-order chi connectivity index (χ1) is 16.3. The Morgan fingerprint density at radius 3 is 1.58 bits per heavy atom. The molecule has 1 heterocycles. The van der Waals surface area contributed by atoms with Gasteiger partial charge in [-0.15, -0.1) is 6.42 Å². The lowest BCUT2D eigenvalue weighted by atomic mass is 10.0. The number of rotatable bonds is 15. The maximum atomic E-state index is 5.77. The summed E-state index contributed by atoms with van der Waals surface area (Å²) >= 11 is 1.93. The van der Waals surface area contributed by atoms with Crippen LogP contribution in [-0.2, 0) is 12.8 Å². The third-order valence-electron chi connectivity index (χ3n) is 6.74. The van der Waals surface area contributed by atoms with Crippen molar-refractivity contribution in [1.29, 1.82) is 0 Å². The van der Waals surface area contributed by atoms with Crippen molar-refractivity contribution in [2.45, 2.75) is 114 Å². The number of hydrogen-bond acceptors (Lipinski definition) is 2. The number of anilines is 2. The van der Waals surface area contributed by atoms with Crippen LogP contribution in [0.15, 0.2) is 46.2 Å². The second-order valence-electron chi connectivity index (χ2n) is 9.53. The van der Waals surface area contributed by atoms with Crippen LogP contribution in [0.5, 0.6) is 0 Å². The molecule has 0 fully saturated rings. The molecule has 0 aromatic heterocycles. The molecule has 0 saturated carbocycles. The molecular formula is C31H43NS. The Kier molecular flexibility index (Phi) is 11.3. The Morgan fingerprint density at radius 2 is 1.12 bits per heavy atom. The van der Waals surface area contributed by atoms with Crippen LogP contribution < -0.4 is 4.90 Å². The first-order valence-electron chi connectivity index (χ1n) is 13.4. The molecule has 3 rings (SSSR count). The molecule has 0 radical (unpaired) electrons. The summed E-state index contributed by atoms with van der Waals surface area (Å²) in [6.07, 6.45) is 24.3. The molecular weight excluding hydrogens is 418 g/mol. The largest absolute Gasteiger partial charge is 0.328 e. The topological polar surface area (TPSA) is 3.24 Å². The molecule has 0 unspecified atom stereocenters. The van der Waals surface area contributed by atoms with Crippen LogP contribution in [0.1, 0.15) is 102 Å². The molecule has 0 amide bonds. The average Bonchev–Trinajstić information content (AvgIpc) is 2.83. The molecule has 0 aliphatic carbocycles. The summed E-state index contributed by atoms with van der Waals surface area (Å²) in [5.41, 5.74) is 5.45. The van der Waals surface area contributed by atoms with Crippen LogP contribution in [0.4, 0.5) is 11.4 Å². The normalized spacial score (nSPS) is 12.3. The van der Waals surface area contributed by atoms with Crippen molar-refractivity contribution in [3.05, 3.63) is 47.5 Å². The van der Waals surface area contributed by atoms with Crippen molar-refractivity contribution in [1.82, 2.24) is 0 Å². The second-order valence-corrected chi connectivity index (χ2v) is 10.6. The second kappa shape index (κ2) is 14.4. The molecule has 0 N–H and O–H groups in total. The lowest BCUT2D eigenvalue weighted by Gasteiger charge is -2.32. The summed E-state index contributed by atoms with van der Waals surface area (Å²) in [6, 6.07) is 14.0. The van der Waals surface area contributed by atoms with Gasteiger partial charge in [0, 0.05) is 9.79 Å². The lowest BCUT2D eigenvalue weighted by molar-refractivity contribution is 0.607. The Morgan fingerprint density at radius 1 is 0.667 bits per heavy atom. The highest BCUT2D eigenvalue weighted by atomic mass is 32.2. The zero-order valence-corrected chi connectivity index (χ0v) is 21.8. The minimum Gasteiger partial charge on any atom is -0.328 e. The average molecular weight is 462 g/mol. The Balaban J connectivity index is 1.64. The molecule has 178 valence electrons. The summed E-state index contributed by atoms with van der Waals surface area (Å²) in [7, 11) is 0. The van der Waals surface area contributed by atoms with Gasteiger partial charge in [-0.25, -0.2) is 0 Å². The van der Waals surface area contributed by atoms with Gasteiger partial charge in [-0.05, 0) is 61.1 Å². The van der Waals surface area contributed by atoms with Crippen molar-refractivity contribution in [3.8, 4) is 12.3 Å². The predicted molar refractivity (Wildman–Crippen MR) is 147 cm³/mol. The SMILES string of the molecule is C#CCN1c2ccc(CCCCCCCC)cc2Sc2cc(CCCCCCCC)ccc21. The summed E-state index contributed by atoms with van der Waals surface area (Å²) in [5.74, 6) is 2.88. The van der Waals surface area contributed by atoms with Gasteiger partial charge < -0.3 is 4.90 Å². The first kappa shape index (κ1) is 25.8. The number of terminal acetylenes is 1. The van der Waals surface area contributed by atoms with Crippen molar-refractivity contribution in [3.63, 3.8) is 0 Å². The zero-order chi connectivity index (χ0) is 23.3. The molecule has 33 heavy (non-hydrogen) atoms. The first-order valence-corrected chi connectivity index (χ1v) is 14.2. The highest BCUT2D eigenvalue weighted by Gasteiger charge is 2.23. The number of nitrogens with zero attached hydrogens (tertiary/aromatic N) is 1. The molecule has 1 aliphatic heterocycles. The van der Waals surface area contributed by atoms with Gasteiger partial charge in [-0.3, -0.25) is 0 Å². The van der Waals surface area contributed by atoms with E-state index in [4.69, 9.17) is 6.42 Å². The van der Waals surface area contributed by atoms with Crippen molar-refractivity contribution in [2.24, 2.45) is 0 Å². The molecule has 2 aromatic carbocycles. The predicted octanol–water partition coefficient (Wildman–Crippen LogP) is 9.73. The van der Waals surface area contributed by atoms with Crippen LogP contribution in [0.3, 0.4) is 0 Å². The quantitative estimate of drug-likeness (QED) is 0.192. The Hall–Kier alpha value is -1.85. The molecule has 2 heteroatoms. The molecule has 0 saturated heterocycles. The van der Waals surface area contributed by atoms with Gasteiger partial charge in [0.1, 0.15) is 0 Å². The monoisotopic (exact) mass is 461 g/mol. The number of aryl methyl sites for hydroxylation is 2.